The molecule has 1 unspecified atom stereocenters. The molecule has 20 heavy (non-hydrogen) atoms. The van der Waals surface area contributed by atoms with Crippen LogP contribution in [0.1, 0.15) is 26.2 Å². The lowest BCUT2D eigenvalue weighted by atomic mass is 9.96. The molecule has 0 heterocycles. The Morgan fingerprint density at radius 1 is 1.15 bits per heavy atom. The van der Waals surface area contributed by atoms with Gasteiger partial charge in [-0.1, -0.05) is 18.2 Å². The highest BCUT2D eigenvalue weighted by atomic mass is 16.5. The minimum atomic E-state index is -0.920. The van der Waals surface area contributed by atoms with Crippen LogP contribution in [0.25, 0.3) is 0 Å². The standard InChI is InChI=1S/C15H24N2O3/c1-15(17,14(16)18)9-5-6-10-19-11-12-20-13-7-3-2-4-8-13/h2-4,7-8H,5-6,9-12,17H2,1H3,(H2,16,18). The van der Waals surface area contributed by atoms with Crippen molar-refractivity contribution in [2.24, 2.45) is 11.5 Å². The molecule has 1 atom stereocenters. The fraction of sp³-hybridized carbons (Fsp3) is 0.533. The molecule has 1 rings (SSSR count). The number of hydrogen-bond donors (Lipinski definition) is 2. The molecule has 0 aliphatic rings. The Bertz CT molecular complexity index is 393. The molecule has 1 amide bonds. The first-order valence-electron chi connectivity index (χ1n) is 6.87. The van der Waals surface area contributed by atoms with Crippen molar-refractivity contribution in [2.45, 2.75) is 31.7 Å². The Kier molecular flexibility index (Phi) is 7.04. The first kappa shape index (κ1) is 16.5. The van der Waals surface area contributed by atoms with E-state index in [9.17, 15) is 4.79 Å². The van der Waals surface area contributed by atoms with Crippen molar-refractivity contribution < 1.29 is 14.3 Å². The summed E-state index contributed by atoms with van der Waals surface area (Å²) in [4.78, 5) is 11.0. The molecule has 5 heteroatoms. The number of nitrogens with two attached hydrogens (primary N) is 2. The van der Waals surface area contributed by atoms with Gasteiger partial charge in [-0.15, -0.1) is 0 Å². The van der Waals surface area contributed by atoms with Crippen LogP contribution in [0.3, 0.4) is 0 Å². The monoisotopic (exact) mass is 280 g/mol. The molecule has 1 aromatic carbocycles. The number of benzene rings is 1. The van der Waals surface area contributed by atoms with Gasteiger partial charge in [-0.3, -0.25) is 4.79 Å². The van der Waals surface area contributed by atoms with Crippen molar-refractivity contribution in [1.82, 2.24) is 0 Å². The number of carbonyl (C=O) groups is 1. The average Bonchev–Trinajstić information content (AvgIpc) is 2.42. The molecule has 0 spiro atoms. The Balaban J connectivity index is 1.97. The summed E-state index contributed by atoms with van der Waals surface area (Å²) in [5.41, 5.74) is 10.0. The molecule has 0 saturated heterocycles. The third-order valence-corrected chi connectivity index (χ3v) is 3.04. The quantitative estimate of drug-likeness (QED) is 0.635. The molecule has 1 aromatic rings. The Morgan fingerprint density at radius 3 is 2.50 bits per heavy atom. The van der Waals surface area contributed by atoms with E-state index in [0.717, 1.165) is 18.6 Å². The fourth-order valence-corrected chi connectivity index (χ4v) is 1.66. The summed E-state index contributed by atoms with van der Waals surface area (Å²) in [7, 11) is 0. The van der Waals surface area contributed by atoms with E-state index in [-0.39, 0.29) is 0 Å². The van der Waals surface area contributed by atoms with E-state index >= 15 is 0 Å². The van der Waals surface area contributed by atoms with Crippen LogP contribution in [-0.2, 0) is 9.53 Å². The molecular formula is C15H24N2O3. The summed E-state index contributed by atoms with van der Waals surface area (Å²) in [5, 5.41) is 0. The van der Waals surface area contributed by atoms with Gasteiger partial charge in [0.15, 0.2) is 0 Å². The van der Waals surface area contributed by atoms with Crippen LogP contribution in [-0.4, -0.2) is 31.3 Å². The number of amides is 1. The molecule has 5 nitrogen and oxygen atoms in total. The average molecular weight is 280 g/mol. The SMILES string of the molecule is CC(N)(CCCCOCCOc1ccccc1)C(N)=O. The maximum absolute atomic E-state index is 11.0. The van der Waals surface area contributed by atoms with Gasteiger partial charge in [0.05, 0.1) is 12.1 Å². The molecule has 0 saturated carbocycles. The first-order valence-corrected chi connectivity index (χ1v) is 6.87. The molecule has 0 radical (unpaired) electrons. The number of ether oxygens (including phenoxy) is 2. The third kappa shape index (κ3) is 6.54. The van der Waals surface area contributed by atoms with Crippen LogP contribution in [0.2, 0.25) is 0 Å². The van der Waals surface area contributed by atoms with Crippen molar-refractivity contribution in [2.75, 3.05) is 19.8 Å². The van der Waals surface area contributed by atoms with Crippen molar-refractivity contribution >= 4 is 5.91 Å². The van der Waals surface area contributed by atoms with Crippen molar-refractivity contribution in [3.63, 3.8) is 0 Å². The molecule has 0 aliphatic heterocycles. The number of hydrogen-bond acceptors (Lipinski definition) is 4. The number of primary amides is 1. The highest BCUT2D eigenvalue weighted by Crippen LogP contribution is 2.10. The first-order chi connectivity index (χ1) is 9.52. The lowest BCUT2D eigenvalue weighted by molar-refractivity contribution is -0.122. The van der Waals surface area contributed by atoms with E-state index in [0.29, 0.717) is 26.2 Å². The summed E-state index contributed by atoms with van der Waals surface area (Å²) in [6, 6.07) is 9.62. The van der Waals surface area contributed by atoms with Gasteiger partial charge >= 0.3 is 0 Å². The molecule has 0 aromatic heterocycles. The van der Waals surface area contributed by atoms with E-state index in [1.807, 2.05) is 30.3 Å². The number of carbonyl (C=O) groups excluding carboxylic acids is 1. The molecule has 0 aliphatic carbocycles. The summed E-state index contributed by atoms with van der Waals surface area (Å²) < 4.78 is 10.9. The van der Waals surface area contributed by atoms with Gasteiger partial charge in [-0.05, 0) is 38.3 Å². The topological polar surface area (TPSA) is 87.6 Å². The highest BCUT2D eigenvalue weighted by molar-refractivity contribution is 5.83. The fourth-order valence-electron chi connectivity index (χ4n) is 1.66. The van der Waals surface area contributed by atoms with Crippen LogP contribution in [0.15, 0.2) is 30.3 Å². The van der Waals surface area contributed by atoms with Gasteiger partial charge in [0.2, 0.25) is 5.91 Å². The van der Waals surface area contributed by atoms with E-state index in [2.05, 4.69) is 0 Å². The van der Waals surface area contributed by atoms with Gasteiger partial charge in [-0.25, -0.2) is 0 Å². The van der Waals surface area contributed by atoms with Crippen molar-refractivity contribution in [3.05, 3.63) is 30.3 Å². The largest absolute Gasteiger partial charge is 0.491 e. The van der Waals surface area contributed by atoms with Crippen LogP contribution in [0, 0.1) is 0 Å². The van der Waals surface area contributed by atoms with E-state index < -0.39 is 11.4 Å². The maximum Gasteiger partial charge on any atom is 0.237 e. The highest BCUT2D eigenvalue weighted by Gasteiger charge is 2.24. The van der Waals surface area contributed by atoms with E-state index in [1.165, 1.54) is 0 Å². The van der Waals surface area contributed by atoms with E-state index in [1.54, 1.807) is 6.92 Å². The predicted molar refractivity (Wildman–Crippen MR) is 78.4 cm³/mol. The number of para-hydroxylation sites is 1. The second kappa shape index (κ2) is 8.55. The lowest BCUT2D eigenvalue weighted by Gasteiger charge is -2.19. The van der Waals surface area contributed by atoms with Crippen LogP contribution in [0.5, 0.6) is 5.75 Å². The summed E-state index contributed by atoms with van der Waals surface area (Å²) >= 11 is 0. The van der Waals surface area contributed by atoms with Crippen LogP contribution >= 0.6 is 0 Å². The van der Waals surface area contributed by atoms with Crippen molar-refractivity contribution in [1.29, 1.82) is 0 Å². The zero-order valence-electron chi connectivity index (χ0n) is 12.0. The minimum absolute atomic E-state index is 0.463. The Labute approximate surface area is 120 Å². The smallest absolute Gasteiger partial charge is 0.237 e. The van der Waals surface area contributed by atoms with Crippen LogP contribution in [0.4, 0.5) is 0 Å². The minimum Gasteiger partial charge on any atom is -0.491 e. The predicted octanol–water partition coefficient (Wildman–Crippen LogP) is 1.45. The zero-order chi connectivity index (χ0) is 14.8. The number of rotatable bonds is 10. The van der Waals surface area contributed by atoms with E-state index in [4.69, 9.17) is 20.9 Å². The second-order valence-electron chi connectivity index (χ2n) is 5.01. The molecule has 0 bridgehead atoms. The normalized spacial score (nSPS) is 13.7. The van der Waals surface area contributed by atoms with Gasteiger partial charge in [0.25, 0.3) is 0 Å². The lowest BCUT2D eigenvalue weighted by Crippen LogP contribution is -2.49. The zero-order valence-corrected chi connectivity index (χ0v) is 12.0. The second-order valence-corrected chi connectivity index (χ2v) is 5.01. The molecule has 0 fully saturated rings. The molecular weight excluding hydrogens is 256 g/mol. The molecule has 4 N–H and O–H groups in total. The third-order valence-electron chi connectivity index (χ3n) is 3.04. The van der Waals surface area contributed by atoms with Crippen molar-refractivity contribution in [3.8, 4) is 5.75 Å². The van der Waals surface area contributed by atoms with Crippen LogP contribution < -0.4 is 16.2 Å². The Morgan fingerprint density at radius 2 is 1.85 bits per heavy atom. The molecule has 112 valence electrons. The Hall–Kier alpha value is -1.59. The van der Waals surface area contributed by atoms with Gasteiger partial charge < -0.3 is 20.9 Å². The van der Waals surface area contributed by atoms with Gasteiger partial charge in [-0.2, -0.15) is 0 Å². The summed E-state index contributed by atoms with van der Waals surface area (Å²) in [6.07, 6.45) is 2.24. The number of unbranched alkanes of at least 4 members (excludes halogenated alkanes) is 1. The van der Waals surface area contributed by atoms with Gasteiger partial charge in [0, 0.05) is 6.61 Å². The maximum atomic E-state index is 11.0. The summed E-state index contributed by atoms with van der Waals surface area (Å²) in [5.74, 6) is 0.381. The summed E-state index contributed by atoms with van der Waals surface area (Å²) in [6.45, 7) is 3.36. The van der Waals surface area contributed by atoms with Gasteiger partial charge in [0.1, 0.15) is 12.4 Å².